The van der Waals surface area contributed by atoms with Gasteiger partial charge in [0, 0.05) is 12.1 Å². The fourth-order valence-corrected chi connectivity index (χ4v) is 2.23. The third-order valence-electron chi connectivity index (χ3n) is 2.84. The third kappa shape index (κ3) is 2.20. The number of aldehydes is 1. The van der Waals surface area contributed by atoms with Crippen LogP contribution in [0, 0.1) is 0 Å². The molecule has 0 aliphatic carbocycles. The molecule has 0 aromatic rings. The van der Waals surface area contributed by atoms with E-state index in [1.165, 1.54) is 4.90 Å². The van der Waals surface area contributed by atoms with E-state index in [0.717, 1.165) is 0 Å². The number of carbonyl (C=O) groups excluding carboxylic acids is 1. The van der Waals surface area contributed by atoms with Crippen molar-refractivity contribution in [3.63, 3.8) is 0 Å². The Morgan fingerprint density at radius 2 is 2.06 bits per heavy atom. The van der Waals surface area contributed by atoms with Crippen LogP contribution in [0.4, 0.5) is 0 Å². The Morgan fingerprint density at radius 1 is 1.47 bits per heavy atom. The molecule has 1 fully saturated rings. The van der Waals surface area contributed by atoms with E-state index in [9.17, 15) is 14.4 Å². The standard InChI is InChI=1S/C10H13NO5S/c1-6(5-12)10(17,9(15)16)11-4-2-3-7(11)8(13)14/h5,7,17H,1-4H2,(H,13,14)(H,15,16). The lowest BCUT2D eigenvalue weighted by atomic mass is 10.1. The number of thiol groups is 1. The van der Waals surface area contributed by atoms with Crippen molar-refractivity contribution in [1.82, 2.24) is 4.90 Å². The molecule has 1 aliphatic rings. The molecular weight excluding hydrogens is 246 g/mol. The zero-order chi connectivity index (χ0) is 13.2. The van der Waals surface area contributed by atoms with Gasteiger partial charge in [-0.3, -0.25) is 14.5 Å². The summed E-state index contributed by atoms with van der Waals surface area (Å²) in [7, 11) is 0. The van der Waals surface area contributed by atoms with Gasteiger partial charge in [0.25, 0.3) is 0 Å². The van der Waals surface area contributed by atoms with Crippen molar-refractivity contribution >= 4 is 30.9 Å². The van der Waals surface area contributed by atoms with Crippen molar-refractivity contribution in [2.75, 3.05) is 6.54 Å². The van der Waals surface area contributed by atoms with Crippen LogP contribution in [-0.4, -0.2) is 50.8 Å². The normalized spacial score (nSPS) is 23.9. The maximum Gasteiger partial charge on any atom is 0.339 e. The molecule has 1 aliphatic heterocycles. The first-order chi connectivity index (χ1) is 7.85. The second-order valence-corrected chi connectivity index (χ2v) is 4.46. The first-order valence-electron chi connectivity index (χ1n) is 4.95. The second kappa shape index (κ2) is 4.89. The molecule has 7 heteroatoms. The molecule has 17 heavy (non-hydrogen) atoms. The Kier molecular flexibility index (Phi) is 3.94. The summed E-state index contributed by atoms with van der Waals surface area (Å²) in [4.78, 5) is 32.2. The van der Waals surface area contributed by atoms with Gasteiger partial charge in [-0.15, -0.1) is 12.6 Å². The van der Waals surface area contributed by atoms with Crippen molar-refractivity contribution in [2.24, 2.45) is 0 Å². The quantitative estimate of drug-likeness (QED) is 0.365. The Labute approximate surface area is 103 Å². The Bertz CT molecular complexity index is 383. The molecule has 6 nitrogen and oxygen atoms in total. The number of likely N-dealkylation sites (tertiary alicyclic amines) is 1. The number of carbonyl (C=O) groups is 3. The van der Waals surface area contributed by atoms with E-state index >= 15 is 0 Å². The van der Waals surface area contributed by atoms with Crippen molar-refractivity contribution in [1.29, 1.82) is 0 Å². The zero-order valence-corrected chi connectivity index (χ0v) is 9.89. The van der Waals surface area contributed by atoms with Gasteiger partial charge >= 0.3 is 11.9 Å². The van der Waals surface area contributed by atoms with Crippen LogP contribution in [0.3, 0.4) is 0 Å². The highest BCUT2D eigenvalue weighted by molar-refractivity contribution is 7.83. The maximum atomic E-state index is 11.2. The molecule has 0 bridgehead atoms. The predicted octanol–water partition coefficient (Wildman–Crippen LogP) is 0.00120. The molecule has 0 spiro atoms. The molecule has 0 radical (unpaired) electrons. The molecular formula is C10H13NO5S. The van der Waals surface area contributed by atoms with Gasteiger partial charge in [0.1, 0.15) is 12.3 Å². The summed E-state index contributed by atoms with van der Waals surface area (Å²) in [5, 5.41) is 18.2. The summed E-state index contributed by atoms with van der Waals surface area (Å²) in [5.74, 6) is -2.52. The number of nitrogens with zero attached hydrogens (tertiary/aromatic N) is 1. The lowest BCUT2D eigenvalue weighted by Gasteiger charge is -2.36. The highest BCUT2D eigenvalue weighted by atomic mass is 32.1. The maximum absolute atomic E-state index is 11.2. The summed E-state index contributed by atoms with van der Waals surface area (Å²) in [5.41, 5.74) is -0.276. The SMILES string of the molecule is C=C(C=O)C(S)(C(=O)O)N1CCCC1C(=O)O. The lowest BCUT2D eigenvalue weighted by Crippen LogP contribution is -2.56. The summed E-state index contributed by atoms with van der Waals surface area (Å²) in [6.45, 7) is 3.59. The number of carboxylic acids is 2. The molecule has 2 unspecified atom stereocenters. The first kappa shape index (κ1) is 13.7. The largest absolute Gasteiger partial charge is 0.480 e. The fourth-order valence-electron chi connectivity index (χ4n) is 1.94. The molecule has 1 heterocycles. The third-order valence-corrected chi connectivity index (χ3v) is 3.58. The van der Waals surface area contributed by atoms with Crippen LogP contribution in [0.25, 0.3) is 0 Å². The summed E-state index contributed by atoms with van der Waals surface area (Å²) in [6, 6.07) is -0.958. The second-order valence-electron chi connectivity index (χ2n) is 3.81. The first-order valence-corrected chi connectivity index (χ1v) is 5.40. The molecule has 2 atom stereocenters. The number of aliphatic carboxylic acids is 2. The Balaban J connectivity index is 3.15. The van der Waals surface area contributed by atoms with Crippen molar-refractivity contribution in [3.05, 3.63) is 12.2 Å². The Morgan fingerprint density at radius 3 is 2.47 bits per heavy atom. The van der Waals surface area contributed by atoms with Gasteiger partial charge < -0.3 is 10.2 Å². The van der Waals surface area contributed by atoms with E-state index < -0.39 is 22.9 Å². The van der Waals surface area contributed by atoms with Gasteiger partial charge in [-0.1, -0.05) is 6.58 Å². The van der Waals surface area contributed by atoms with Crippen LogP contribution in [0.2, 0.25) is 0 Å². The predicted molar refractivity (Wildman–Crippen MR) is 61.9 cm³/mol. The van der Waals surface area contributed by atoms with E-state index in [4.69, 9.17) is 10.2 Å². The molecule has 0 aromatic carbocycles. The fraction of sp³-hybridized carbons (Fsp3) is 0.500. The highest BCUT2D eigenvalue weighted by Gasteiger charge is 2.50. The van der Waals surface area contributed by atoms with E-state index in [1.54, 1.807) is 0 Å². The van der Waals surface area contributed by atoms with E-state index in [1.807, 2.05) is 0 Å². The van der Waals surface area contributed by atoms with Gasteiger partial charge in [-0.25, -0.2) is 4.79 Å². The van der Waals surface area contributed by atoms with Crippen LogP contribution in [0.5, 0.6) is 0 Å². The molecule has 94 valence electrons. The summed E-state index contributed by atoms with van der Waals surface area (Å²) in [6.07, 6.45) is 1.16. The van der Waals surface area contributed by atoms with Gasteiger partial charge in [-0.05, 0) is 12.8 Å². The average Bonchev–Trinajstić information content (AvgIpc) is 2.75. The molecule has 0 saturated carbocycles. The van der Waals surface area contributed by atoms with Crippen LogP contribution in [0.15, 0.2) is 12.2 Å². The van der Waals surface area contributed by atoms with Gasteiger partial charge in [-0.2, -0.15) is 0 Å². The van der Waals surface area contributed by atoms with Gasteiger partial charge in [0.15, 0.2) is 4.87 Å². The number of carboxylic acid groups (broad SMARTS) is 2. The van der Waals surface area contributed by atoms with E-state index in [0.29, 0.717) is 19.1 Å². The zero-order valence-electron chi connectivity index (χ0n) is 9.00. The summed E-state index contributed by atoms with van der Waals surface area (Å²) >= 11 is 3.97. The van der Waals surface area contributed by atoms with Crippen molar-refractivity contribution in [2.45, 2.75) is 23.8 Å². The highest BCUT2D eigenvalue weighted by Crippen LogP contribution is 2.34. The average molecular weight is 259 g/mol. The molecule has 2 N–H and O–H groups in total. The number of hydrogen-bond acceptors (Lipinski definition) is 5. The Hall–Kier alpha value is -1.34. The van der Waals surface area contributed by atoms with Gasteiger partial charge in [0.2, 0.25) is 0 Å². The smallest absolute Gasteiger partial charge is 0.339 e. The van der Waals surface area contributed by atoms with Gasteiger partial charge in [0.05, 0.1) is 0 Å². The van der Waals surface area contributed by atoms with Crippen LogP contribution in [0.1, 0.15) is 12.8 Å². The molecule has 1 rings (SSSR count). The number of rotatable bonds is 5. The van der Waals surface area contributed by atoms with Crippen LogP contribution in [-0.2, 0) is 14.4 Å². The van der Waals surface area contributed by atoms with Crippen molar-refractivity contribution < 1.29 is 24.6 Å². The molecule has 0 aromatic heterocycles. The van der Waals surface area contributed by atoms with E-state index in [2.05, 4.69) is 19.2 Å². The minimum Gasteiger partial charge on any atom is -0.480 e. The van der Waals surface area contributed by atoms with E-state index in [-0.39, 0.29) is 12.1 Å². The number of hydrogen-bond donors (Lipinski definition) is 3. The lowest BCUT2D eigenvalue weighted by molar-refractivity contribution is -0.149. The minimum absolute atomic E-state index is 0.250. The van der Waals surface area contributed by atoms with Crippen LogP contribution >= 0.6 is 12.6 Å². The minimum atomic E-state index is -1.96. The van der Waals surface area contributed by atoms with Crippen LogP contribution < -0.4 is 0 Å². The molecule has 1 saturated heterocycles. The monoisotopic (exact) mass is 259 g/mol. The summed E-state index contributed by atoms with van der Waals surface area (Å²) < 4.78 is 0. The molecule has 0 amide bonds. The topological polar surface area (TPSA) is 94.9 Å². The van der Waals surface area contributed by atoms with Crippen molar-refractivity contribution in [3.8, 4) is 0 Å².